The Morgan fingerprint density at radius 3 is 2.52 bits per heavy atom. The molecule has 1 heterocycles. The van der Waals surface area contributed by atoms with Crippen LogP contribution in [0.2, 0.25) is 0 Å². The summed E-state index contributed by atoms with van der Waals surface area (Å²) in [5.74, 6) is 1.03. The van der Waals surface area contributed by atoms with E-state index in [1.165, 1.54) is 5.56 Å². The van der Waals surface area contributed by atoms with Gasteiger partial charge in [-0.25, -0.2) is 0 Å². The van der Waals surface area contributed by atoms with Crippen LogP contribution in [0.25, 0.3) is 0 Å². The van der Waals surface area contributed by atoms with Gasteiger partial charge in [-0.15, -0.1) is 0 Å². The Labute approximate surface area is 128 Å². The molecular formula is C18H28N2O. The van der Waals surface area contributed by atoms with Crippen molar-refractivity contribution in [2.24, 2.45) is 5.92 Å². The molecule has 1 N–H and O–H groups in total. The predicted octanol–water partition coefficient (Wildman–Crippen LogP) is 2.86. The highest BCUT2D eigenvalue weighted by molar-refractivity contribution is 5.76. The van der Waals surface area contributed by atoms with Crippen molar-refractivity contribution in [1.82, 2.24) is 10.2 Å². The Morgan fingerprint density at radius 1 is 1.24 bits per heavy atom. The number of amides is 1. The zero-order chi connectivity index (χ0) is 15.1. The number of carbonyl (C=O) groups is 1. The topological polar surface area (TPSA) is 32.3 Å². The molecule has 0 aromatic heterocycles. The van der Waals surface area contributed by atoms with Crippen LogP contribution in [0.5, 0.6) is 0 Å². The molecule has 0 aliphatic carbocycles. The van der Waals surface area contributed by atoms with E-state index in [1.807, 2.05) is 4.90 Å². The summed E-state index contributed by atoms with van der Waals surface area (Å²) in [5.41, 5.74) is 1.42. The number of benzene rings is 1. The number of likely N-dealkylation sites (tertiary alicyclic amines) is 1. The minimum absolute atomic E-state index is 0.307. The Kier molecular flexibility index (Phi) is 6.24. The molecule has 0 unspecified atom stereocenters. The first-order valence-corrected chi connectivity index (χ1v) is 8.20. The summed E-state index contributed by atoms with van der Waals surface area (Å²) in [6.45, 7) is 6.87. The number of nitrogens with one attached hydrogen (secondary N) is 1. The van der Waals surface area contributed by atoms with Crippen LogP contribution >= 0.6 is 0 Å². The predicted molar refractivity (Wildman–Crippen MR) is 87.2 cm³/mol. The molecule has 3 nitrogen and oxygen atoms in total. The number of carbonyl (C=O) groups excluding carboxylic acids is 1. The van der Waals surface area contributed by atoms with Gasteiger partial charge in [-0.1, -0.05) is 44.2 Å². The third kappa shape index (κ3) is 5.50. The van der Waals surface area contributed by atoms with Crippen LogP contribution in [0.1, 0.15) is 38.7 Å². The molecule has 0 bridgehead atoms. The van der Waals surface area contributed by atoms with Gasteiger partial charge in [0.1, 0.15) is 0 Å². The van der Waals surface area contributed by atoms with E-state index in [1.54, 1.807) is 0 Å². The van der Waals surface area contributed by atoms with E-state index in [0.717, 1.165) is 44.8 Å². The summed E-state index contributed by atoms with van der Waals surface area (Å²) in [5, 5.41) is 3.31. The molecule has 1 aromatic carbocycles. The fraction of sp³-hybridized carbons (Fsp3) is 0.611. The lowest BCUT2D eigenvalue weighted by atomic mass is 9.90. The average Bonchev–Trinajstić information content (AvgIpc) is 2.48. The van der Waals surface area contributed by atoms with Gasteiger partial charge in [-0.05, 0) is 30.7 Å². The second kappa shape index (κ2) is 8.18. The maximum absolute atomic E-state index is 12.1. The first-order valence-electron chi connectivity index (χ1n) is 8.20. The molecule has 1 aromatic rings. The average molecular weight is 288 g/mol. The largest absolute Gasteiger partial charge is 0.343 e. The first kappa shape index (κ1) is 16.0. The van der Waals surface area contributed by atoms with E-state index in [-0.39, 0.29) is 0 Å². The molecule has 0 radical (unpaired) electrons. The number of nitrogens with zero attached hydrogens (tertiary/aromatic N) is 1. The highest BCUT2D eigenvalue weighted by Gasteiger charge is 2.22. The van der Waals surface area contributed by atoms with Gasteiger partial charge >= 0.3 is 0 Å². The van der Waals surface area contributed by atoms with E-state index in [2.05, 4.69) is 49.5 Å². The third-order valence-electron chi connectivity index (χ3n) is 4.23. The lowest BCUT2D eigenvalue weighted by Gasteiger charge is -2.32. The molecule has 21 heavy (non-hydrogen) atoms. The number of piperidine rings is 1. The highest BCUT2D eigenvalue weighted by Crippen LogP contribution is 2.21. The lowest BCUT2D eigenvalue weighted by molar-refractivity contribution is -0.132. The lowest BCUT2D eigenvalue weighted by Crippen LogP contribution is -2.40. The molecule has 1 saturated heterocycles. The zero-order valence-electron chi connectivity index (χ0n) is 13.3. The molecule has 1 amide bonds. The van der Waals surface area contributed by atoms with E-state index < -0.39 is 0 Å². The molecule has 116 valence electrons. The Hall–Kier alpha value is -1.35. The molecule has 3 heteroatoms. The summed E-state index contributed by atoms with van der Waals surface area (Å²) >= 11 is 0. The summed E-state index contributed by atoms with van der Waals surface area (Å²) in [4.78, 5) is 14.2. The van der Waals surface area contributed by atoms with Gasteiger partial charge in [0, 0.05) is 32.1 Å². The molecule has 0 atom stereocenters. The van der Waals surface area contributed by atoms with Gasteiger partial charge in [0.05, 0.1) is 0 Å². The first-order chi connectivity index (χ1) is 10.1. The molecule has 0 spiro atoms. The Morgan fingerprint density at radius 2 is 1.90 bits per heavy atom. The van der Waals surface area contributed by atoms with Crippen LogP contribution in [0.4, 0.5) is 0 Å². The van der Waals surface area contributed by atoms with Gasteiger partial charge in [-0.2, -0.15) is 0 Å². The fourth-order valence-corrected chi connectivity index (χ4v) is 2.96. The van der Waals surface area contributed by atoms with Crippen molar-refractivity contribution in [2.45, 2.75) is 45.6 Å². The van der Waals surface area contributed by atoms with Crippen LogP contribution in [0, 0.1) is 5.92 Å². The smallest absolute Gasteiger partial charge is 0.223 e. The van der Waals surface area contributed by atoms with Gasteiger partial charge in [0.15, 0.2) is 0 Å². The molecule has 1 aliphatic rings. The number of rotatable bonds is 6. The monoisotopic (exact) mass is 288 g/mol. The minimum Gasteiger partial charge on any atom is -0.343 e. The number of hydrogen-bond acceptors (Lipinski definition) is 2. The van der Waals surface area contributed by atoms with Crippen molar-refractivity contribution in [1.29, 1.82) is 0 Å². The van der Waals surface area contributed by atoms with Gasteiger partial charge in [0.2, 0.25) is 5.91 Å². The standard InChI is InChI=1S/C18H28N2O/c1-15(2)19-11-8-18(21)20-12-9-17(10-13-20)14-16-6-4-3-5-7-16/h3-7,15,17,19H,8-14H2,1-2H3. The molecule has 1 fully saturated rings. The van der Waals surface area contributed by atoms with Crippen molar-refractivity contribution in [3.63, 3.8) is 0 Å². The minimum atomic E-state index is 0.307. The second-order valence-electron chi connectivity index (χ2n) is 6.37. The molecule has 1 aliphatic heterocycles. The molecule has 0 saturated carbocycles. The quantitative estimate of drug-likeness (QED) is 0.873. The van der Waals surface area contributed by atoms with E-state index in [9.17, 15) is 4.79 Å². The molecule has 2 rings (SSSR count). The summed E-state index contributed by atoms with van der Waals surface area (Å²) in [6, 6.07) is 11.1. The second-order valence-corrected chi connectivity index (χ2v) is 6.37. The van der Waals surface area contributed by atoms with Crippen LogP contribution in [-0.2, 0) is 11.2 Å². The maximum Gasteiger partial charge on any atom is 0.223 e. The van der Waals surface area contributed by atoms with Crippen LogP contribution in [-0.4, -0.2) is 36.5 Å². The normalized spacial score (nSPS) is 16.4. The summed E-state index contributed by atoms with van der Waals surface area (Å²) in [6.07, 6.45) is 4.05. The van der Waals surface area contributed by atoms with Crippen molar-refractivity contribution in [3.8, 4) is 0 Å². The Bertz CT molecular complexity index is 422. The van der Waals surface area contributed by atoms with E-state index in [4.69, 9.17) is 0 Å². The molecular weight excluding hydrogens is 260 g/mol. The van der Waals surface area contributed by atoms with Gasteiger partial charge in [0.25, 0.3) is 0 Å². The van der Waals surface area contributed by atoms with Gasteiger partial charge < -0.3 is 10.2 Å². The zero-order valence-corrected chi connectivity index (χ0v) is 13.3. The van der Waals surface area contributed by atoms with E-state index >= 15 is 0 Å². The highest BCUT2D eigenvalue weighted by atomic mass is 16.2. The van der Waals surface area contributed by atoms with Crippen molar-refractivity contribution in [3.05, 3.63) is 35.9 Å². The van der Waals surface area contributed by atoms with Crippen molar-refractivity contribution >= 4 is 5.91 Å². The Balaban J connectivity index is 1.69. The fourth-order valence-electron chi connectivity index (χ4n) is 2.96. The van der Waals surface area contributed by atoms with Gasteiger partial charge in [-0.3, -0.25) is 4.79 Å². The van der Waals surface area contributed by atoms with Crippen LogP contribution in [0.15, 0.2) is 30.3 Å². The summed E-state index contributed by atoms with van der Waals surface area (Å²) < 4.78 is 0. The van der Waals surface area contributed by atoms with Crippen molar-refractivity contribution in [2.75, 3.05) is 19.6 Å². The van der Waals surface area contributed by atoms with Crippen LogP contribution < -0.4 is 5.32 Å². The summed E-state index contributed by atoms with van der Waals surface area (Å²) in [7, 11) is 0. The number of hydrogen-bond donors (Lipinski definition) is 1. The van der Waals surface area contributed by atoms with Crippen molar-refractivity contribution < 1.29 is 4.79 Å². The third-order valence-corrected chi connectivity index (χ3v) is 4.23. The maximum atomic E-state index is 12.1. The van der Waals surface area contributed by atoms with E-state index in [0.29, 0.717) is 18.4 Å². The SMILES string of the molecule is CC(C)NCCC(=O)N1CCC(Cc2ccccc2)CC1. The van der Waals surface area contributed by atoms with Crippen LogP contribution in [0.3, 0.4) is 0 Å².